The van der Waals surface area contributed by atoms with Gasteiger partial charge in [-0.2, -0.15) is 0 Å². The molecule has 0 aromatic rings. The van der Waals surface area contributed by atoms with Gasteiger partial charge in [-0.05, 0) is 55.3 Å². The molecule has 86 valence electrons. The first kappa shape index (κ1) is 10.1. The Kier molecular flexibility index (Phi) is 2.35. The predicted molar refractivity (Wildman–Crippen MR) is 63.5 cm³/mol. The van der Waals surface area contributed by atoms with Gasteiger partial charge in [0, 0.05) is 6.04 Å². The Morgan fingerprint density at radius 3 is 2.80 bits per heavy atom. The molecule has 1 spiro atoms. The summed E-state index contributed by atoms with van der Waals surface area (Å²) in [6, 6.07) is 0.561. The smallest absolute Gasteiger partial charge is 0.0127 e. The fourth-order valence-electron chi connectivity index (χ4n) is 5.09. The van der Waals surface area contributed by atoms with Gasteiger partial charge in [-0.15, -0.1) is 0 Å². The molecule has 3 aliphatic carbocycles. The highest BCUT2D eigenvalue weighted by Crippen LogP contribution is 2.61. The molecule has 5 atom stereocenters. The van der Waals surface area contributed by atoms with Gasteiger partial charge < -0.3 is 5.73 Å². The van der Waals surface area contributed by atoms with Gasteiger partial charge in [-0.3, -0.25) is 0 Å². The Labute approximate surface area is 93.8 Å². The Morgan fingerprint density at radius 1 is 1.27 bits per heavy atom. The molecule has 1 nitrogen and oxygen atoms in total. The van der Waals surface area contributed by atoms with Gasteiger partial charge in [-0.25, -0.2) is 0 Å². The van der Waals surface area contributed by atoms with Gasteiger partial charge in [0.1, 0.15) is 0 Å². The molecule has 0 radical (unpaired) electrons. The van der Waals surface area contributed by atoms with Crippen molar-refractivity contribution in [3.63, 3.8) is 0 Å². The summed E-state index contributed by atoms with van der Waals surface area (Å²) in [4.78, 5) is 0. The maximum Gasteiger partial charge on any atom is 0.0127 e. The molecule has 0 heterocycles. The minimum absolute atomic E-state index is 0.561. The van der Waals surface area contributed by atoms with E-state index in [4.69, 9.17) is 5.73 Å². The summed E-state index contributed by atoms with van der Waals surface area (Å²) in [6.07, 6.45) is 11.6. The lowest BCUT2D eigenvalue weighted by Gasteiger charge is -2.47. The zero-order valence-electron chi connectivity index (χ0n) is 10.0. The molecule has 0 amide bonds. The molecule has 0 aromatic carbocycles. The van der Waals surface area contributed by atoms with Crippen molar-refractivity contribution in [2.24, 2.45) is 28.9 Å². The summed E-state index contributed by atoms with van der Waals surface area (Å²) in [5.74, 6) is 2.89. The molecule has 2 bridgehead atoms. The Balaban J connectivity index is 1.83. The van der Waals surface area contributed by atoms with Crippen LogP contribution in [0.5, 0.6) is 0 Å². The van der Waals surface area contributed by atoms with E-state index >= 15 is 0 Å². The zero-order valence-corrected chi connectivity index (χ0v) is 10.0. The van der Waals surface area contributed by atoms with Crippen LogP contribution in [-0.4, -0.2) is 6.04 Å². The lowest BCUT2D eigenvalue weighted by atomic mass is 9.59. The van der Waals surface area contributed by atoms with Gasteiger partial charge >= 0.3 is 0 Å². The first-order valence-corrected chi connectivity index (χ1v) is 7.02. The van der Waals surface area contributed by atoms with Crippen LogP contribution in [-0.2, 0) is 0 Å². The molecule has 0 aliphatic heterocycles. The maximum absolute atomic E-state index is 6.55. The number of hydrogen-bond acceptors (Lipinski definition) is 1. The third kappa shape index (κ3) is 1.32. The van der Waals surface area contributed by atoms with Crippen LogP contribution >= 0.6 is 0 Å². The summed E-state index contributed by atoms with van der Waals surface area (Å²) < 4.78 is 0. The number of hydrogen-bond donors (Lipinski definition) is 1. The zero-order chi connectivity index (χ0) is 10.5. The van der Waals surface area contributed by atoms with Crippen molar-refractivity contribution in [1.29, 1.82) is 0 Å². The van der Waals surface area contributed by atoms with E-state index < -0.39 is 0 Å². The van der Waals surface area contributed by atoms with Crippen LogP contribution in [0.1, 0.15) is 58.3 Å². The van der Waals surface area contributed by atoms with E-state index in [1.807, 2.05) is 0 Å². The van der Waals surface area contributed by atoms with Crippen molar-refractivity contribution in [3.05, 3.63) is 0 Å². The fraction of sp³-hybridized carbons (Fsp3) is 1.00. The van der Waals surface area contributed by atoms with E-state index in [1.165, 1.54) is 51.4 Å². The third-order valence-corrected chi connectivity index (χ3v) is 5.96. The van der Waals surface area contributed by atoms with E-state index in [0.717, 1.165) is 17.8 Å². The molecule has 0 saturated heterocycles. The van der Waals surface area contributed by atoms with Gasteiger partial charge in [0.2, 0.25) is 0 Å². The van der Waals surface area contributed by atoms with Gasteiger partial charge in [0.25, 0.3) is 0 Å². The number of nitrogens with two attached hydrogens (primary N) is 1. The highest BCUT2D eigenvalue weighted by atomic mass is 14.8. The van der Waals surface area contributed by atoms with Crippen LogP contribution in [0.25, 0.3) is 0 Å². The molecule has 3 saturated carbocycles. The second kappa shape index (κ2) is 3.48. The molecular formula is C14H25N. The van der Waals surface area contributed by atoms with Crippen LogP contribution in [0.4, 0.5) is 0 Å². The van der Waals surface area contributed by atoms with Crippen molar-refractivity contribution in [2.75, 3.05) is 0 Å². The molecule has 0 aromatic heterocycles. The van der Waals surface area contributed by atoms with Crippen LogP contribution in [0.15, 0.2) is 0 Å². The van der Waals surface area contributed by atoms with Crippen molar-refractivity contribution < 1.29 is 0 Å². The van der Waals surface area contributed by atoms with Crippen LogP contribution in [0.2, 0.25) is 0 Å². The standard InChI is InChI=1S/C14H25N/c1-2-10-4-3-7-14(9-10)12-6-5-11(8-12)13(14)15/h10-13H,2-9,15H2,1H3/t10-,11+,12-,13-,14+/m0/s1. The van der Waals surface area contributed by atoms with E-state index in [2.05, 4.69) is 6.92 Å². The Morgan fingerprint density at radius 2 is 2.13 bits per heavy atom. The Hall–Kier alpha value is -0.0400. The minimum Gasteiger partial charge on any atom is -0.327 e. The molecule has 1 heteroatoms. The monoisotopic (exact) mass is 207 g/mol. The minimum atomic E-state index is 0.561. The summed E-state index contributed by atoms with van der Waals surface area (Å²) in [5, 5.41) is 0. The van der Waals surface area contributed by atoms with Crippen molar-refractivity contribution in [1.82, 2.24) is 0 Å². The van der Waals surface area contributed by atoms with E-state index in [0.29, 0.717) is 11.5 Å². The van der Waals surface area contributed by atoms with Crippen LogP contribution in [0, 0.1) is 23.2 Å². The second-order valence-corrected chi connectivity index (χ2v) is 6.40. The fourth-order valence-corrected chi connectivity index (χ4v) is 5.09. The number of fused-ring (bicyclic) bond motifs is 3. The van der Waals surface area contributed by atoms with Crippen molar-refractivity contribution in [3.8, 4) is 0 Å². The summed E-state index contributed by atoms with van der Waals surface area (Å²) in [7, 11) is 0. The molecule has 3 aliphatic rings. The van der Waals surface area contributed by atoms with Crippen LogP contribution < -0.4 is 5.73 Å². The molecule has 0 unspecified atom stereocenters. The maximum atomic E-state index is 6.55. The van der Waals surface area contributed by atoms with Gasteiger partial charge in [-0.1, -0.05) is 26.2 Å². The quantitative estimate of drug-likeness (QED) is 0.701. The first-order chi connectivity index (χ1) is 7.26. The van der Waals surface area contributed by atoms with E-state index in [1.54, 1.807) is 0 Å². The predicted octanol–water partition coefficient (Wildman–Crippen LogP) is 3.33. The van der Waals surface area contributed by atoms with Crippen molar-refractivity contribution in [2.45, 2.75) is 64.3 Å². The molecule has 15 heavy (non-hydrogen) atoms. The molecule has 3 rings (SSSR count). The lowest BCUT2D eigenvalue weighted by molar-refractivity contribution is 0.0471. The van der Waals surface area contributed by atoms with Gasteiger partial charge in [0.15, 0.2) is 0 Å². The highest BCUT2D eigenvalue weighted by Gasteiger charge is 2.57. The molecular weight excluding hydrogens is 182 g/mol. The molecule has 3 fully saturated rings. The average Bonchev–Trinajstić information content (AvgIpc) is 2.84. The first-order valence-electron chi connectivity index (χ1n) is 7.02. The summed E-state index contributed by atoms with van der Waals surface area (Å²) in [6.45, 7) is 2.36. The van der Waals surface area contributed by atoms with E-state index in [9.17, 15) is 0 Å². The van der Waals surface area contributed by atoms with E-state index in [-0.39, 0.29) is 0 Å². The Bertz CT molecular complexity index is 246. The van der Waals surface area contributed by atoms with Crippen LogP contribution in [0.3, 0.4) is 0 Å². The molecule has 2 N–H and O–H groups in total. The topological polar surface area (TPSA) is 26.0 Å². The summed E-state index contributed by atoms with van der Waals surface area (Å²) in [5.41, 5.74) is 7.15. The highest BCUT2D eigenvalue weighted by molar-refractivity contribution is 5.09. The van der Waals surface area contributed by atoms with Gasteiger partial charge in [0.05, 0.1) is 0 Å². The normalized spacial score (nSPS) is 54.0. The third-order valence-electron chi connectivity index (χ3n) is 5.96. The summed E-state index contributed by atoms with van der Waals surface area (Å²) >= 11 is 0. The van der Waals surface area contributed by atoms with Crippen molar-refractivity contribution >= 4 is 0 Å². The number of rotatable bonds is 1. The average molecular weight is 207 g/mol. The largest absolute Gasteiger partial charge is 0.327 e. The SMILES string of the molecule is CC[C@H]1CCC[C@@]2(C1)[C@H]1CC[C@H](C1)[C@@H]2N. The lowest BCUT2D eigenvalue weighted by Crippen LogP contribution is -2.48. The second-order valence-electron chi connectivity index (χ2n) is 6.40.